The van der Waals surface area contributed by atoms with Gasteiger partial charge in [-0.05, 0) is 92.7 Å². The summed E-state index contributed by atoms with van der Waals surface area (Å²) in [5.41, 5.74) is 19.5. The molecule has 0 unspecified atom stereocenters. The number of pyridine rings is 6. The van der Waals surface area contributed by atoms with Gasteiger partial charge in [-0.2, -0.15) is 11.3 Å². The molecule has 18 aromatic rings. The maximum Gasteiger partial charge on any atom is 0.143 e. The number of fused-ring (bicyclic) bond motifs is 12. The number of benzene rings is 8. The van der Waals surface area contributed by atoms with Crippen molar-refractivity contribution in [1.29, 1.82) is 0 Å². The van der Waals surface area contributed by atoms with Gasteiger partial charge in [-0.15, -0.1) is 65.2 Å². The van der Waals surface area contributed by atoms with E-state index in [1.807, 2.05) is 66.2 Å². The van der Waals surface area contributed by atoms with Crippen LogP contribution in [-0.4, -0.2) is 59.3 Å². The molecule has 18 rings (SSSR count). The first-order valence-electron chi connectivity index (χ1n) is 40.5. The summed E-state index contributed by atoms with van der Waals surface area (Å²) in [6, 6.07) is 82.2. The summed E-state index contributed by atoms with van der Waals surface area (Å²) in [7, 11) is -2.70. The molecule has 0 spiro atoms. The van der Waals surface area contributed by atoms with Crippen LogP contribution < -0.4 is 14.8 Å². The molecule has 10 heterocycles. The first kappa shape index (κ1) is 86.3. The van der Waals surface area contributed by atoms with Crippen LogP contribution in [0.25, 0.3) is 131 Å². The SMILES string of the molecule is C[CH2][Ge]([CH2]C)([CH2]C)[c]1ccc(-c2[c-]nc3oc4ccccc4c3c2C(C)(C)c2ccccc2)nc1.C[Si](C)(C)c1ccc(-c2[c-]ccc3c2oc2cc(F)ccc23)nc1.Cc1c[c-]c(-c2ccc([Si](C)(C)C)cn2)c2sc3ccccc3c12.Cc1cc2c(oc3c[c-]c(-c4cc(CC(C)C)ccn4)cc32)c(C(C)(C)c2ccccc2)n1.[Ir].[Ir]. The first-order chi connectivity index (χ1) is 55.7. The Morgan fingerprint density at radius 1 is 0.500 bits per heavy atom. The number of nitrogens with zero attached hydrogens (tertiary/aromatic N) is 6. The molecular weight excluding hydrogens is 1920 g/mol. The number of hydrogen-bond donors (Lipinski definition) is 0. The predicted molar refractivity (Wildman–Crippen MR) is 492 cm³/mol. The average molecular weight is 2020 g/mol. The van der Waals surface area contributed by atoms with Gasteiger partial charge in [-0.1, -0.05) is 180 Å². The number of rotatable bonds is 16. The van der Waals surface area contributed by atoms with E-state index in [0.717, 1.165) is 117 Å². The molecule has 0 fully saturated rings. The zero-order valence-corrected chi connectivity index (χ0v) is 80.0. The van der Waals surface area contributed by atoms with Gasteiger partial charge in [0.2, 0.25) is 0 Å². The van der Waals surface area contributed by atoms with E-state index in [1.54, 1.807) is 6.07 Å². The van der Waals surface area contributed by atoms with E-state index in [9.17, 15) is 4.39 Å². The fourth-order valence-electron chi connectivity index (χ4n) is 16.3. The van der Waals surface area contributed by atoms with Gasteiger partial charge in [0.15, 0.2) is 0 Å². The molecule has 0 saturated carbocycles. The quantitative estimate of drug-likeness (QED) is 0.0688. The largest absolute Gasteiger partial charge is 0.500 e. The molecule has 8 aromatic carbocycles. The van der Waals surface area contributed by atoms with E-state index in [-0.39, 0.29) is 56.9 Å². The smallest absolute Gasteiger partial charge is 0.143 e. The van der Waals surface area contributed by atoms with E-state index >= 15 is 0 Å². The van der Waals surface area contributed by atoms with Gasteiger partial charge >= 0.3 is 211 Å². The normalized spacial score (nSPS) is 12.1. The van der Waals surface area contributed by atoms with Crippen LogP contribution in [0.5, 0.6) is 0 Å². The molecule has 0 aliphatic heterocycles. The zero-order valence-electron chi connectivity index (χ0n) is 70.3. The summed E-state index contributed by atoms with van der Waals surface area (Å²) in [5, 5.41) is 15.4. The minimum absolute atomic E-state index is 0. The molecule has 0 aliphatic rings. The van der Waals surface area contributed by atoms with E-state index in [4.69, 9.17) is 28.2 Å². The molecule has 9 nitrogen and oxygen atoms in total. The van der Waals surface area contributed by atoms with E-state index < -0.39 is 29.4 Å². The zero-order chi connectivity index (χ0) is 81.6. The number of halogens is 1. The summed E-state index contributed by atoms with van der Waals surface area (Å²) in [6.07, 6.45) is 12.4. The maximum absolute atomic E-state index is 13.5. The molecule has 2 radical (unpaired) electrons. The second kappa shape index (κ2) is 35.4. The number of aromatic nitrogens is 6. The number of thiophene rings is 1. The molecule has 0 amide bonds. The molecule has 0 aliphatic carbocycles. The molecule has 118 heavy (non-hydrogen) atoms. The van der Waals surface area contributed by atoms with Crippen molar-refractivity contribution in [1.82, 2.24) is 29.9 Å². The third-order valence-electron chi connectivity index (χ3n) is 23.3. The van der Waals surface area contributed by atoms with Crippen molar-refractivity contribution in [3.05, 3.63) is 307 Å². The Kier molecular flexibility index (Phi) is 25.9. The second-order valence-electron chi connectivity index (χ2n) is 34.2. The monoisotopic (exact) mass is 2020 g/mol. The van der Waals surface area contributed by atoms with E-state index in [0.29, 0.717) is 22.8 Å². The van der Waals surface area contributed by atoms with Crippen molar-refractivity contribution in [2.24, 2.45) is 5.92 Å². The Morgan fingerprint density at radius 2 is 1.11 bits per heavy atom. The summed E-state index contributed by atoms with van der Waals surface area (Å²) < 4.78 is 36.1. The molecule has 0 atom stereocenters. The first-order valence-corrected chi connectivity index (χ1v) is 53.8. The van der Waals surface area contributed by atoms with Gasteiger partial charge in [0.1, 0.15) is 17.0 Å². The van der Waals surface area contributed by atoms with Gasteiger partial charge < -0.3 is 23.8 Å². The van der Waals surface area contributed by atoms with Crippen LogP contribution in [0.4, 0.5) is 4.39 Å². The van der Waals surface area contributed by atoms with Crippen LogP contribution >= 0.6 is 11.3 Å². The van der Waals surface area contributed by atoms with Crippen LogP contribution in [-0.2, 0) is 57.5 Å². The Balaban J connectivity index is 0.000000137. The van der Waals surface area contributed by atoms with Gasteiger partial charge in [-0.3, -0.25) is 4.98 Å². The minimum atomic E-state index is -2.08. The van der Waals surface area contributed by atoms with Crippen molar-refractivity contribution in [2.45, 2.75) is 148 Å². The van der Waals surface area contributed by atoms with Gasteiger partial charge in [-0.25, -0.2) is 4.39 Å². The van der Waals surface area contributed by atoms with Gasteiger partial charge in [0.25, 0.3) is 0 Å². The summed E-state index contributed by atoms with van der Waals surface area (Å²) >= 11 is -0.231. The fraction of sp³-hybridized carbons (Fsp3) is 0.235. The average Bonchev–Trinajstić information content (AvgIpc) is 1.50. The third kappa shape index (κ3) is 17.3. The Labute approximate surface area is 729 Å². The molecule has 0 bridgehead atoms. The van der Waals surface area contributed by atoms with Crippen molar-refractivity contribution < 1.29 is 57.9 Å². The third-order valence-corrected chi connectivity index (χ3v) is 40.2. The van der Waals surface area contributed by atoms with Crippen LogP contribution in [0.2, 0.25) is 55.0 Å². The van der Waals surface area contributed by atoms with Crippen LogP contribution in [0.3, 0.4) is 0 Å². The van der Waals surface area contributed by atoms with Gasteiger partial charge in [0.05, 0.1) is 33.0 Å². The predicted octanol–water partition coefficient (Wildman–Crippen LogP) is 26.5. The maximum atomic E-state index is 13.5. The second-order valence-corrected chi connectivity index (χ2v) is 56.5. The van der Waals surface area contributed by atoms with Crippen molar-refractivity contribution in [3.63, 3.8) is 0 Å². The summed E-state index contributed by atoms with van der Waals surface area (Å²) in [4.78, 5) is 28.7. The topological polar surface area (TPSA) is 117 Å². The van der Waals surface area contributed by atoms with Crippen LogP contribution in [0.15, 0.2) is 250 Å². The van der Waals surface area contributed by atoms with Crippen LogP contribution in [0, 0.1) is 50.0 Å². The summed E-state index contributed by atoms with van der Waals surface area (Å²) in [6.45, 7) is 38.7. The number of furan rings is 3. The Hall–Kier alpha value is -9.51. The Morgan fingerprint density at radius 3 is 1.75 bits per heavy atom. The fourth-order valence-corrected chi connectivity index (χ4v) is 27.0. The molecule has 0 N–H and O–H groups in total. The van der Waals surface area contributed by atoms with Crippen molar-refractivity contribution in [3.8, 4) is 45.0 Å². The minimum Gasteiger partial charge on any atom is -0.500 e. The standard InChI is InChI=1S/C31H33GeN2O.C30H29N2O.C21H20NSSi.C20H17FNOSi.2Ir/c1-6-32(7-2,8-3)23-18-19-26(33-20-23)25-21-34-30-28(24-16-12-13-17-27(24)35-30)29(25)31(4,5)22-14-10-9-11-15-22;1-19(2)15-21-13-14-31-26(17-21)22-11-12-27-24(18-22)25-16-20(3)32-29(28(25)33-27)30(4,5)23-9-7-6-8-10-23;1-14-9-11-16(18-12-10-15(13-22-18)24(2,3)4)21-20(14)17-7-5-6-8-19(17)23-21;1-24(2,3)14-8-10-18(22-12-14)17-6-4-5-16-15-9-7-13(21)11-19(15)23-20(16)17;;/h9-20H,6-8H2,1-5H3;6-10,12-14,16-19H,15H2,1-5H3;5-10,12-13H,1-4H3;4-5,7-12H,1-3H3;;/q4*-1;;. The number of hydrogen-bond acceptors (Lipinski definition) is 10. The van der Waals surface area contributed by atoms with Crippen molar-refractivity contribution in [2.75, 3.05) is 0 Å². The van der Waals surface area contributed by atoms with Crippen LogP contribution in [0.1, 0.15) is 102 Å². The molecular formula is C102H99FGeIr2N6O3SSi2-4. The molecule has 0 saturated heterocycles. The number of para-hydroxylation sites is 1. The van der Waals surface area contributed by atoms with E-state index in [2.05, 4.69) is 319 Å². The molecule has 16 heteroatoms. The number of aryl methyl sites for hydroxylation is 2. The van der Waals surface area contributed by atoms with Gasteiger partial charge in [0, 0.05) is 91.4 Å². The van der Waals surface area contributed by atoms with Crippen molar-refractivity contribution >= 4 is 142 Å². The molecule has 602 valence electrons. The van der Waals surface area contributed by atoms with E-state index in [1.165, 1.54) is 85.1 Å². The molecule has 10 aromatic heterocycles. The Bertz CT molecular complexity index is 6600. The summed E-state index contributed by atoms with van der Waals surface area (Å²) in [5.74, 6) is 0.302.